The summed E-state index contributed by atoms with van der Waals surface area (Å²) >= 11 is 5.81. The van der Waals surface area contributed by atoms with Crippen molar-refractivity contribution in [3.05, 3.63) is 46.3 Å². The Morgan fingerprint density at radius 1 is 0.818 bits per heavy atom. The zero-order valence-corrected chi connectivity index (χ0v) is 12.2. The Bertz CT molecular complexity index is 914. The van der Waals surface area contributed by atoms with Gasteiger partial charge in [-0.2, -0.15) is 4.98 Å². The second-order valence-corrected chi connectivity index (χ2v) is 4.99. The zero-order chi connectivity index (χ0) is 16.0. The van der Waals surface area contributed by atoms with Crippen LogP contribution in [0.25, 0.3) is 22.4 Å². The van der Waals surface area contributed by atoms with Crippen molar-refractivity contribution in [3.8, 4) is 11.3 Å². The zero-order valence-electron chi connectivity index (χ0n) is 11.5. The molecule has 0 unspecified atom stereocenters. The number of aryl methyl sites for hydroxylation is 2. The van der Waals surface area contributed by atoms with E-state index in [0.717, 1.165) is 0 Å². The molecule has 0 saturated carbocycles. The van der Waals surface area contributed by atoms with Gasteiger partial charge >= 0.3 is 0 Å². The third-order valence-corrected chi connectivity index (χ3v) is 3.35. The average Bonchev–Trinajstić information content (AvgIpc) is 2.44. The van der Waals surface area contributed by atoms with Crippen LogP contribution in [0.1, 0.15) is 11.4 Å². The first-order valence-electron chi connectivity index (χ1n) is 6.20. The Balaban J connectivity index is 2.40. The summed E-state index contributed by atoms with van der Waals surface area (Å²) in [5.74, 6) is -3.46. The van der Waals surface area contributed by atoms with Crippen molar-refractivity contribution < 1.29 is 13.2 Å². The molecule has 0 amide bonds. The van der Waals surface area contributed by atoms with Crippen LogP contribution >= 0.6 is 11.6 Å². The maximum atomic E-state index is 14.0. The minimum Gasteiger partial charge on any atom is -0.246 e. The van der Waals surface area contributed by atoms with Gasteiger partial charge in [0.1, 0.15) is 17.0 Å². The first-order chi connectivity index (χ1) is 10.4. The molecule has 3 aromatic rings. The summed E-state index contributed by atoms with van der Waals surface area (Å²) in [6.45, 7) is 3.44. The number of aromatic nitrogens is 4. The Morgan fingerprint density at radius 2 is 1.45 bits per heavy atom. The van der Waals surface area contributed by atoms with E-state index in [1.165, 1.54) is 0 Å². The molecule has 0 aliphatic heterocycles. The smallest absolute Gasteiger partial charge is 0.225 e. The average molecular weight is 325 g/mol. The highest BCUT2D eigenvalue weighted by Gasteiger charge is 2.18. The Kier molecular flexibility index (Phi) is 3.44. The van der Waals surface area contributed by atoms with E-state index in [-0.39, 0.29) is 27.7 Å². The largest absolute Gasteiger partial charge is 0.246 e. The second kappa shape index (κ2) is 5.17. The van der Waals surface area contributed by atoms with E-state index in [1.807, 2.05) is 0 Å². The minimum absolute atomic E-state index is 0.0398. The summed E-state index contributed by atoms with van der Waals surface area (Å²) in [5.41, 5.74) is 1.23. The lowest BCUT2D eigenvalue weighted by molar-refractivity contribution is 0.496. The fourth-order valence-corrected chi connectivity index (χ4v) is 2.14. The lowest BCUT2D eigenvalue weighted by Crippen LogP contribution is -2.02. The summed E-state index contributed by atoms with van der Waals surface area (Å²) in [6, 6.07) is 1.15. The van der Waals surface area contributed by atoms with E-state index in [2.05, 4.69) is 19.9 Å². The lowest BCUT2D eigenvalue weighted by Gasteiger charge is -2.08. The second-order valence-electron chi connectivity index (χ2n) is 4.65. The molecule has 2 heterocycles. The van der Waals surface area contributed by atoms with E-state index < -0.39 is 17.5 Å². The molecule has 0 atom stereocenters. The standard InChI is InChI=1S/C14H8ClF3N4/c1-5-6(2)20-13-12(19-5)11(21-14(15)22-13)7-3-9(17)10(18)4-8(7)16/h3-4H,1-2H3. The number of nitrogens with zero attached hydrogens (tertiary/aromatic N) is 4. The highest BCUT2D eigenvalue weighted by molar-refractivity contribution is 6.28. The highest BCUT2D eigenvalue weighted by atomic mass is 35.5. The van der Waals surface area contributed by atoms with Crippen molar-refractivity contribution in [3.63, 3.8) is 0 Å². The van der Waals surface area contributed by atoms with Gasteiger partial charge < -0.3 is 0 Å². The van der Waals surface area contributed by atoms with Crippen molar-refractivity contribution in [1.29, 1.82) is 0 Å². The molecule has 2 aromatic heterocycles. The van der Waals surface area contributed by atoms with Gasteiger partial charge in [-0.1, -0.05) is 0 Å². The van der Waals surface area contributed by atoms with Crippen LogP contribution in [-0.4, -0.2) is 19.9 Å². The molecule has 0 radical (unpaired) electrons. The van der Waals surface area contributed by atoms with E-state index in [4.69, 9.17) is 11.6 Å². The van der Waals surface area contributed by atoms with Crippen LogP contribution in [0, 0.1) is 31.3 Å². The molecule has 0 N–H and O–H groups in total. The van der Waals surface area contributed by atoms with Crippen LogP contribution in [0.2, 0.25) is 5.28 Å². The van der Waals surface area contributed by atoms with Crippen LogP contribution in [0.3, 0.4) is 0 Å². The Morgan fingerprint density at radius 3 is 2.18 bits per heavy atom. The maximum Gasteiger partial charge on any atom is 0.225 e. The van der Waals surface area contributed by atoms with Gasteiger partial charge in [-0.25, -0.2) is 28.1 Å². The number of benzene rings is 1. The molecule has 0 aliphatic rings. The third-order valence-electron chi connectivity index (χ3n) is 3.18. The van der Waals surface area contributed by atoms with Gasteiger partial charge in [-0.3, -0.25) is 0 Å². The molecule has 0 aliphatic carbocycles. The van der Waals surface area contributed by atoms with E-state index in [0.29, 0.717) is 23.5 Å². The molecule has 112 valence electrons. The molecule has 0 saturated heterocycles. The maximum absolute atomic E-state index is 14.0. The van der Waals surface area contributed by atoms with E-state index >= 15 is 0 Å². The Hall–Kier alpha value is -2.28. The Labute approximate surface area is 128 Å². The molecule has 4 nitrogen and oxygen atoms in total. The topological polar surface area (TPSA) is 51.6 Å². The fourth-order valence-electron chi connectivity index (χ4n) is 1.98. The van der Waals surface area contributed by atoms with Gasteiger partial charge in [0.05, 0.1) is 11.4 Å². The lowest BCUT2D eigenvalue weighted by atomic mass is 10.1. The van der Waals surface area contributed by atoms with Gasteiger partial charge in [0.25, 0.3) is 0 Å². The van der Waals surface area contributed by atoms with Gasteiger partial charge in [0.2, 0.25) is 5.28 Å². The fraction of sp³-hybridized carbons (Fsp3) is 0.143. The molecule has 8 heteroatoms. The predicted molar refractivity (Wildman–Crippen MR) is 74.9 cm³/mol. The summed E-state index contributed by atoms with van der Waals surface area (Å²) < 4.78 is 40.5. The third kappa shape index (κ3) is 2.37. The van der Waals surface area contributed by atoms with Gasteiger partial charge in [-0.05, 0) is 31.5 Å². The van der Waals surface area contributed by atoms with Crippen LogP contribution in [0.4, 0.5) is 13.2 Å². The van der Waals surface area contributed by atoms with Crippen LogP contribution < -0.4 is 0 Å². The molecular formula is C14H8ClF3N4. The normalized spacial score (nSPS) is 11.2. The predicted octanol–water partition coefficient (Wildman–Crippen LogP) is 3.77. The van der Waals surface area contributed by atoms with Crippen LogP contribution in [-0.2, 0) is 0 Å². The van der Waals surface area contributed by atoms with Crippen molar-refractivity contribution in [2.45, 2.75) is 13.8 Å². The summed E-state index contributed by atoms with van der Waals surface area (Å²) in [6.07, 6.45) is 0. The van der Waals surface area contributed by atoms with E-state index in [9.17, 15) is 13.2 Å². The van der Waals surface area contributed by atoms with Crippen LogP contribution in [0.5, 0.6) is 0 Å². The van der Waals surface area contributed by atoms with Crippen molar-refractivity contribution in [2.24, 2.45) is 0 Å². The van der Waals surface area contributed by atoms with Gasteiger partial charge in [0.15, 0.2) is 17.3 Å². The van der Waals surface area contributed by atoms with Crippen LogP contribution in [0.15, 0.2) is 12.1 Å². The SMILES string of the molecule is Cc1nc2nc(Cl)nc(-c3cc(F)c(F)cc3F)c2nc1C. The van der Waals surface area contributed by atoms with Gasteiger partial charge in [-0.15, -0.1) is 0 Å². The number of rotatable bonds is 1. The molecule has 0 spiro atoms. The number of hydrogen-bond acceptors (Lipinski definition) is 4. The monoisotopic (exact) mass is 324 g/mol. The summed E-state index contributed by atoms with van der Waals surface area (Å²) in [5, 5.41) is -0.191. The molecule has 22 heavy (non-hydrogen) atoms. The van der Waals surface area contributed by atoms with Crippen molar-refractivity contribution in [2.75, 3.05) is 0 Å². The summed E-state index contributed by atoms with van der Waals surface area (Å²) in [7, 11) is 0. The first-order valence-corrected chi connectivity index (χ1v) is 6.58. The molecule has 0 bridgehead atoms. The highest BCUT2D eigenvalue weighted by Crippen LogP contribution is 2.29. The molecule has 3 rings (SSSR count). The number of fused-ring (bicyclic) bond motifs is 1. The molecular weight excluding hydrogens is 317 g/mol. The number of hydrogen-bond donors (Lipinski definition) is 0. The first kappa shape index (κ1) is 14.6. The van der Waals surface area contributed by atoms with Crippen molar-refractivity contribution >= 4 is 22.8 Å². The van der Waals surface area contributed by atoms with Gasteiger partial charge in [0, 0.05) is 11.6 Å². The quantitative estimate of drug-likeness (QED) is 0.505. The minimum atomic E-state index is -1.29. The summed E-state index contributed by atoms with van der Waals surface area (Å²) in [4.78, 5) is 16.3. The molecule has 0 fully saturated rings. The van der Waals surface area contributed by atoms with E-state index in [1.54, 1.807) is 13.8 Å². The number of halogens is 4. The molecule has 1 aromatic carbocycles. The van der Waals surface area contributed by atoms with Crippen molar-refractivity contribution in [1.82, 2.24) is 19.9 Å².